The van der Waals surface area contributed by atoms with Gasteiger partial charge in [0.2, 0.25) is 0 Å². The highest BCUT2D eigenvalue weighted by Gasteiger charge is 2.41. The van der Waals surface area contributed by atoms with Crippen molar-refractivity contribution in [3.05, 3.63) is 0 Å². The van der Waals surface area contributed by atoms with Crippen LogP contribution in [0.2, 0.25) is 0 Å². The molecule has 0 aromatic carbocycles. The molecule has 0 bridgehead atoms. The molecule has 0 saturated carbocycles. The molecule has 1 amide bonds. The second kappa shape index (κ2) is 5.95. The second-order valence-electron chi connectivity index (χ2n) is 2.80. The number of hydrogen-bond acceptors (Lipinski definition) is 2. The fourth-order valence-corrected chi connectivity index (χ4v) is 1.04. The van der Waals surface area contributed by atoms with E-state index in [1.165, 1.54) is 6.92 Å². The molecule has 0 aromatic heterocycles. The summed E-state index contributed by atoms with van der Waals surface area (Å²) in [7, 11) is 0. The largest absolute Gasteiger partial charge is 0.471 e. The van der Waals surface area contributed by atoms with E-state index >= 15 is 0 Å². The highest BCUT2D eigenvalue weighted by Crippen LogP contribution is 2.18. The van der Waals surface area contributed by atoms with E-state index in [2.05, 4.69) is 0 Å². The first-order chi connectivity index (χ1) is 6.82. The van der Waals surface area contributed by atoms with Crippen LogP contribution in [0.3, 0.4) is 0 Å². The van der Waals surface area contributed by atoms with E-state index in [9.17, 15) is 22.8 Å². The van der Waals surface area contributed by atoms with Crippen LogP contribution in [0.4, 0.5) is 13.2 Å². The molecular formula is C8H11ClF3NO2. The van der Waals surface area contributed by atoms with Gasteiger partial charge < -0.3 is 4.90 Å². The van der Waals surface area contributed by atoms with Gasteiger partial charge in [-0.2, -0.15) is 13.2 Å². The van der Waals surface area contributed by atoms with Crippen LogP contribution in [-0.2, 0) is 9.59 Å². The molecule has 0 fully saturated rings. The Kier molecular flexibility index (Phi) is 5.64. The molecule has 0 aliphatic carbocycles. The van der Waals surface area contributed by atoms with Crippen LogP contribution in [0.5, 0.6) is 0 Å². The van der Waals surface area contributed by atoms with E-state index in [0.29, 0.717) is 4.90 Å². The number of rotatable bonds is 5. The maximum absolute atomic E-state index is 12.0. The van der Waals surface area contributed by atoms with Gasteiger partial charge in [-0.1, -0.05) is 0 Å². The Morgan fingerprint density at radius 3 is 2.20 bits per heavy atom. The fourth-order valence-electron chi connectivity index (χ4n) is 0.909. The third-order valence-corrected chi connectivity index (χ3v) is 2.02. The van der Waals surface area contributed by atoms with Gasteiger partial charge in [0.15, 0.2) is 0 Å². The molecule has 7 heteroatoms. The van der Waals surface area contributed by atoms with E-state index in [1.807, 2.05) is 0 Å². The Hall–Kier alpha value is -0.780. The normalized spacial score (nSPS) is 11.3. The lowest BCUT2D eigenvalue weighted by Gasteiger charge is -2.21. The maximum atomic E-state index is 12.0. The molecular weight excluding hydrogens is 235 g/mol. The molecule has 15 heavy (non-hydrogen) atoms. The molecule has 0 rings (SSSR count). The number of alkyl halides is 4. The summed E-state index contributed by atoms with van der Waals surface area (Å²) in [6.07, 6.45) is -5.04. The number of carbonyl (C=O) groups excluding carboxylic acids is 2. The molecule has 0 N–H and O–H groups in total. The average molecular weight is 246 g/mol. The molecule has 0 saturated heterocycles. The first kappa shape index (κ1) is 14.2. The third-order valence-electron chi connectivity index (χ3n) is 1.72. The van der Waals surface area contributed by atoms with Crippen molar-refractivity contribution in [1.29, 1.82) is 0 Å². The third kappa shape index (κ3) is 5.01. The SMILES string of the molecule is CCN(CCC(=O)CCl)C(=O)C(F)(F)F. The Labute approximate surface area is 90.2 Å². The summed E-state index contributed by atoms with van der Waals surface area (Å²) in [5.74, 6) is -2.56. The lowest BCUT2D eigenvalue weighted by Crippen LogP contribution is -2.42. The molecule has 0 atom stereocenters. The van der Waals surface area contributed by atoms with Crippen molar-refractivity contribution < 1.29 is 22.8 Å². The predicted octanol–water partition coefficient (Wildman–Crippen LogP) is 1.60. The van der Waals surface area contributed by atoms with Crippen LogP contribution >= 0.6 is 11.6 Å². The van der Waals surface area contributed by atoms with E-state index in [1.54, 1.807) is 0 Å². The minimum absolute atomic E-state index is 0.0894. The average Bonchev–Trinajstić information content (AvgIpc) is 2.16. The zero-order valence-corrected chi connectivity index (χ0v) is 8.86. The predicted molar refractivity (Wildman–Crippen MR) is 48.7 cm³/mol. The highest BCUT2D eigenvalue weighted by molar-refractivity contribution is 6.27. The van der Waals surface area contributed by atoms with Crippen LogP contribution < -0.4 is 0 Å². The summed E-state index contributed by atoms with van der Waals surface area (Å²) in [5, 5.41) is 0. The van der Waals surface area contributed by atoms with Crippen LogP contribution in [0, 0.1) is 0 Å². The van der Waals surface area contributed by atoms with Crippen molar-refractivity contribution in [2.75, 3.05) is 19.0 Å². The van der Waals surface area contributed by atoms with Crippen molar-refractivity contribution in [2.24, 2.45) is 0 Å². The fraction of sp³-hybridized carbons (Fsp3) is 0.750. The number of ketones is 1. The number of amides is 1. The minimum Gasteiger partial charge on any atom is -0.335 e. The molecule has 0 heterocycles. The number of nitrogens with zero attached hydrogens (tertiary/aromatic N) is 1. The maximum Gasteiger partial charge on any atom is 0.471 e. The highest BCUT2D eigenvalue weighted by atomic mass is 35.5. The lowest BCUT2D eigenvalue weighted by molar-refractivity contribution is -0.185. The van der Waals surface area contributed by atoms with E-state index in [0.717, 1.165) is 0 Å². The molecule has 0 unspecified atom stereocenters. The van der Waals surface area contributed by atoms with Gasteiger partial charge in [0.05, 0.1) is 5.88 Å². The quantitative estimate of drug-likeness (QED) is 0.690. The van der Waals surface area contributed by atoms with Crippen molar-refractivity contribution in [3.63, 3.8) is 0 Å². The van der Waals surface area contributed by atoms with Gasteiger partial charge in [0, 0.05) is 19.5 Å². The molecule has 0 radical (unpaired) electrons. The summed E-state index contributed by atoms with van der Waals surface area (Å²) in [4.78, 5) is 22.1. The number of carbonyl (C=O) groups is 2. The standard InChI is InChI=1S/C8H11ClF3NO2/c1-2-13(4-3-6(14)5-9)7(15)8(10,11)12/h2-5H2,1H3. The Morgan fingerprint density at radius 1 is 1.33 bits per heavy atom. The van der Waals surface area contributed by atoms with Gasteiger partial charge in [-0.25, -0.2) is 0 Å². The van der Waals surface area contributed by atoms with Gasteiger partial charge >= 0.3 is 12.1 Å². The summed E-state index contributed by atoms with van der Waals surface area (Å²) in [5.41, 5.74) is 0. The first-order valence-corrected chi connectivity index (χ1v) is 4.80. The van der Waals surface area contributed by atoms with E-state index < -0.39 is 12.1 Å². The zero-order chi connectivity index (χ0) is 12.1. The van der Waals surface area contributed by atoms with Crippen LogP contribution in [0.25, 0.3) is 0 Å². The summed E-state index contributed by atoms with van der Waals surface area (Å²) in [6, 6.07) is 0. The van der Waals surface area contributed by atoms with Crippen molar-refractivity contribution in [3.8, 4) is 0 Å². The van der Waals surface area contributed by atoms with Crippen molar-refractivity contribution in [2.45, 2.75) is 19.5 Å². The molecule has 3 nitrogen and oxygen atoms in total. The van der Waals surface area contributed by atoms with Crippen molar-refractivity contribution in [1.82, 2.24) is 4.90 Å². The Bertz CT molecular complexity index is 243. The molecule has 0 spiro atoms. The molecule has 0 aliphatic heterocycles. The topological polar surface area (TPSA) is 37.4 Å². The van der Waals surface area contributed by atoms with Gasteiger partial charge in [0.1, 0.15) is 5.78 Å². The molecule has 88 valence electrons. The number of hydrogen-bond donors (Lipinski definition) is 0. The first-order valence-electron chi connectivity index (χ1n) is 4.26. The van der Waals surface area contributed by atoms with Crippen LogP contribution in [0.1, 0.15) is 13.3 Å². The van der Waals surface area contributed by atoms with Gasteiger partial charge in [-0.15, -0.1) is 11.6 Å². The van der Waals surface area contributed by atoms with Gasteiger partial charge in [0.25, 0.3) is 0 Å². The second-order valence-corrected chi connectivity index (χ2v) is 3.07. The van der Waals surface area contributed by atoms with Crippen molar-refractivity contribution >= 4 is 23.3 Å². The Morgan fingerprint density at radius 2 is 1.87 bits per heavy atom. The van der Waals surface area contributed by atoms with Crippen LogP contribution in [-0.4, -0.2) is 41.7 Å². The van der Waals surface area contributed by atoms with Crippen LogP contribution in [0.15, 0.2) is 0 Å². The van der Waals surface area contributed by atoms with Gasteiger partial charge in [-0.05, 0) is 6.92 Å². The smallest absolute Gasteiger partial charge is 0.335 e. The van der Waals surface area contributed by atoms with E-state index in [-0.39, 0.29) is 31.2 Å². The Balaban J connectivity index is 4.26. The summed E-state index contributed by atoms with van der Waals surface area (Å²) < 4.78 is 36.0. The summed E-state index contributed by atoms with van der Waals surface area (Å²) in [6.45, 7) is 1.07. The number of Topliss-reactive ketones (excluding diaryl/α,β-unsaturated/α-hetero) is 1. The van der Waals surface area contributed by atoms with E-state index in [4.69, 9.17) is 11.6 Å². The molecule has 0 aliphatic rings. The van der Waals surface area contributed by atoms with Gasteiger partial charge in [-0.3, -0.25) is 9.59 Å². The molecule has 0 aromatic rings. The number of halogens is 4. The lowest BCUT2D eigenvalue weighted by atomic mass is 10.3. The summed E-state index contributed by atoms with van der Waals surface area (Å²) >= 11 is 5.17. The monoisotopic (exact) mass is 245 g/mol. The minimum atomic E-state index is -4.89. The zero-order valence-electron chi connectivity index (χ0n) is 8.10.